The van der Waals surface area contributed by atoms with Crippen LogP contribution in [0, 0.1) is 13.8 Å². The summed E-state index contributed by atoms with van der Waals surface area (Å²) in [5, 5.41) is 3.60. The van der Waals surface area contributed by atoms with E-state index < -0.39 is 0 Å². The molecule has 1 aromatic carbocycles. The first-order valence-electron chi connectivity index (χ1n) is 10.2. The summed E-state index contributed by atoms with van der Waals surface area (Å²) in [5.74, 6) is 0.493. The quantitative estimate of drug-likeness (QED) is 0.633. The fourth-order valence-corrected chi connectivity index (χ4v) is 4.63. The SMILES string of the molecule is Cc1sc2nc(CCC(=O)NCc3ccc(N4CCOCC4)cc3)[nH]c(=O)c2c1C. The maximum atomic E-state index is 12.3. The molecule has 0 unspecified atom stereocenters. The minimum absolute atomic E-state index is 0.0615. The van der Waals surface area contributed by atoms with Crippen molar-refractivity contribution in [1.82, 2.24) is 15.3 Å². The number of anilines is 1. The summed E-state index contributed by atoms with van der Waals surface area (Å²) in [6, 6.07) is 8.25. The van der Waals surface area contributed by atoms with E-state index in [-0.39, 0.29) is 17.9 Å². The van der Waals surface area contributed by atoms with Crippen LogP contribution in [0.5, 0.6) is 0 Å². The average molecular weight is 427 g/mol. The lowest BCUT2D eigenvalue weighted by Gasteiger charge is -2.28. The van der Waals surface area contributed by atoms with Crippen molar-refractivity contribution >= 4 is 33.1 Å². The molecule has 1 aliphatic heterocycles. The number of H-pyrrole nitrogens is 1. The standard InChI is InChI=1S/C22H26N4O3S/c1-14-15(2)30-22-20(14)21(28)24-18(25-22)7-8-19(27)23-13-16-3-5-17(6-4-16)26-9-11-29-12-10-26/h3-6H,7-13H2,1-2H3,(H,23,27)(H,24,25,28). The van der Waals surface area contributed by atoms with Gasteiger partial charge in [-0.1, -0.05) is 12.1 Å². The number of nitrogens with zero attached hydrogens (tertiary/aromatic N) is 2. The zero-order valence-corrected chi connectivity index (χ0v) is 18.1. The molecule has 0 spiro atoms. The molecule has 8 heteroatoms. The molecule has 0 atom stereocenters. The lowest BCUT2D eigenvalue weighted by atomic mass is 10.2. The molecular formula is C22H26N4O3S. The second-order valence-corrected chi connectivity index (χ2v) is 8.72. The first-order chi connectivity index (χ1) is 14.5. The predicted molar refractivity (Wildman–Crippen MR) is 119 cm³/mol. The van der Waals surface area contributed by atoms with Crippen LogP contribution in [0.4, 0.5) is 5.69 Å². The van der Waals surface area contributed by atoms with E-state index in [2.05, 4.69) is 32.3 Å². The number of hydrogen-bond donors (Lipinski definition) is 2. The number of morpholine rings is 1. The van der Waals surface area contributed by atoms with Crippen molar-refractivity contribution in [3.05, 3.63) is 56.4 Å². The summed E-state index contributed by atoms with van der Waals surface area (Å²) < 4.78 is 5.39. The van der Waals surface area contributed by atoms with E-state index in [0.717, 1.165) is 47.1 Å². The Morgan fingerprint density at radius 3 is 2.70 bits per heavy atom. The topological polar surface area (TPSA) is 87.3 Å². The number of ether oxygens (including phenoxy) is 1. The lowest BCUT2D eigenvalue weighted by molar-refractivity contribution is -0.121. The number of aryl methyl sites for hydroxylation is 3. The van der Waals surface area contributed by atoms with E-state index >= 15 is 0 Å². The minimum Gasteiger partial charge on any atom is -0.378 e. The number of amides is 1. The van der Waals surface area contributed by atoms with E-state index in [1.165, 1.54) is 17.0 Å². The van der Waals surface area contributed by atoms with Crippen molar-refractivity contribution < 1.29 is 9.53 Å². The number of carbonyl (C=O) groups is 1. The maximum absolute atomic E-state index is 12.3. The molecule has 158 valence electrons. The summed E-state index contributed by atoms with van der Waals surface area (Å²) in [6.07, 6.45) is 0.687. The summed E-state index contributed by atoms with van der Waals surface area (Å²) in [5.41, 5.74) is 3.08. The fourth-order valence-electron chi connectivity index (χ4n) is 3.58. The lowest BCUT2D eigenvalue weighted by Crippen LogP contribution is -2.36. The van der Waals surface area contributed by atoms with Crippen molar-refractivity contribution in [1.29, 1.82) is 0 Å². The molecule has 4 rings (SSSR count). The van der Waals surface area contributed by atoms with Crippen LogP contribution in [0.2, 0.25) is 0 Å². The van der Waals surface area contributed by atoms with Crippen LogP contribution in [-0.4, -0.2) is 42.2 Å². The Bertz CT molecular complexity index is 1100. The van der Waals surface area contributed by atoms with Crippen LogP contribution in [0.1, 0.15) is 28.2 Å². The molecule has 7 nitrogen and oxygen atoms in total. The van der Waals surface area contributed by atoms with Gasteiger partial charge < -0.3 is 19.9 Å². The second-order valence-electron chi connectivity index (χ2n) is 7.52. The van der Waals surface area contributed by atoms with Gasteiger partial charge in [-0.05, 0) is 37.1 Å². The van der Waals surface area contributed by atoms with Crippen molar-refractivity contribution in [2.75, 3.05) is 31.2 Å². The highest BCUT2D eigenvalue weighted by atomic mass is 32.1. The number of aromatic amines is 1. The third-order valence-electron chi connectivity index (χ3n) is 5.48. The Balaban J connectivity index is 1.30. The van der Waals surface area contributed by atoms with Crippen LogP contribution < -0.4 is 15.8 Å². The van der Waals surface area contributed by atoms with Gasteiger partial charge >= 0.3 is 0 Å². The first kappa shape index (κ1) is 20.6. The Morgan fingerprint density at radius 2 is 1.97 bits per heavy atom. The molecule has 3 heterocycles. The number of aromatic nitrogens is 2. The van der Waals surface area contributed by atoms with E-state index in [1.807, 2.05) is 26.0 Å². The second kappa shape index (κ2) is 8.97. The Kier molecular flexibility index (Phi) is 6.15. The third-order valence-corrected chi connectivity index (χ3v) is 6.58. The molecular weight excluding hydrogens is 400 g/mol. The van der Waals surface area contributed by atoms with Gasteiger partial charge in [0.2, 0.25) is 5.91 Å². The van der Waals surface area contributed by atoms with Crippen molar-refractivity contribution in [2.24, 2.45) is 0 Å². The molecule has 1 aliphatic rings. The highest BCUT2D eigenvalue weighted by Crippen LogP contribution is 2.25. The third kappa shape index (κ3) is 4.55. The molecule has 0 radical (unpaired) electrons. The van der Waals surface area contributed by atoms with Gasteiger partial charge in [-0.25, -0.2) is 4.98 Å². The highest BCUT2D eigenvalue weighted by molar-refractivity contribution is 7.18. The van der Waals surface area contributed by atoms with Gasteiger partial charge in [0.05, 0.1) is 18.6 Å². The van der Waals surface area contributed by atoms with Crippen LogP contribution in [0.25, 0.3) is 10.2 Å². The van der Waals surface area contributed by atoms with E-state index in [0.29, 0.717) is 24.2 Å². The predicted octanol–water partition coefficient (Wildman–Crippen LogP) is 2.69. The zero-order chi connectivity index (χ0) is 21.1. The van der Waals surface area contributed by atoms with Gasteiger partial charge in [0.25, 0.3) is 5.56 Å². The molecule has 0 saturated carbocycles. The summed E-state index contributed by atoms with van der Waals surface area (Å²) >= 11 is 1.52. The van der Waals surface area contributed by atoms with Gasteiger partial charge in [-0.15, -0.1) is 11.3 Å². The number of rotatable bonds is 6. The Morgan fingerprint density at radius 1 is 1.23 bits per heavy atom. The van der Waals surface area contributed by atoms with Gasteiger partial charge in [0.1, 0.15) is 10.7 Å². The van der Waals surface area contributed by atoms with Crippen LogP contribution in [0.3, 0.4) is 0 Å². The van der Waals surface area contributed by atoms with Crippen molar-refractivity contribution in [2.45, 2.75) is 33.2 Å². The molecule has 1 saturated heterocycles. The van der Waals surface area contributed by atoms with Crippen molar-refractivity contribution in [3.8, 4) is 0 Å². The van der Waals surface area contributed by atoms with Crippen molar-refractivity contribution in [3.63, 3.8) is 0 Å². The largest absolute Gasteiger partial charge is 0.378 e. The van der Waals surface area contributed by atoms with Crippen LogP contribution in [0.15, 0.2) is 29.1 Å². The molecule has 2 aromatic heterocycles. The molecule has 0 bridgehead atoms. The number of benzene rings is 1. The molecule has 3 aromatic rings. The van der Waals surface area contributed by atoms with Gasteiger partial charge in [-0.3, -0.25) is 9.59 Å². The van der Waals surface area contributed by atoms with Gasteiger partial charge in [0, 0.05) is 43.0 Å². The molecule has 1 fully saturated rings. The first-order valence-corrected chi connectivity index (χ1v) is 11.0. The zero-order valence-electron chi connectivity index (χ0n) is 17.3. The average Bonchev–Trinajstić information content (AvgIpc) is 3.05. The summed E-state index contributed by atoms with van der Waals surface area (Å²) in [7, 11) is 0. The normalized spacial score (nSPS) is 14.3. The van der Waals surface area contributed by atoms with E-state index in [1.54, 1.807) is 0 Å². The summed E-state index contributed by atoms with van der Waals surface area (Å²) in [6.45, 7) is 7.74. The monoisotopic (exact) mass is 426 g/mol. The molecule has 1 amide bonds. The number of fused-ring (bicyclic) bond motifs is 1. The van der Waals surface area contributed by atoms with Gasteiger partial charge in [0.15, 0.2) is 0 Å². The number of thiophene rings is 1. The molecule has 30 heavy (non-hydrogen) atoms. The van der Waals surface area contributed by atoms with Crippen LogP contribution in [-0.2, 0) is 22.5 Å². The molecule has 0 aliphatic carbocycles. The van der Waals surface area contributed by atoms with Crippen LogP contribution >= 0.6 is 11.3 Å². The summed E-state index contributed by atoms with van der Waals surface area (Å²) in [4.78, 5) is 36.1. The Labute approximate surface area is 179 Å². The van der Waals surface area contributed by atoms with E-state index in [9.17, 15) is 9.59 Å². The molecule has 2 N–H and O–H groups in total. The number of carbonyl (C=O) groups excluding carboxylic acids is 1. The number of nitrogens with one attached hydrogen (secondary N) is 2. The fraction of sp³-hybridized carbons (Fsp3) is 0.409. The highest BCUT2D eigenvalue weighted by Gasteiger charge is 2.13. The Hall–Kier alpha value is -2.71. The van der Waals surface area contributed by atoms with E-state index in [4.69, 9.17) is 4.74 Å². The van der Waals surface area contributed by atoms with Gasteiger partial charge in [-0.2, -0.15) is 0 Å². The maximum Gasteiger partial charge on any atom is 0.259 e. The number of hydrogen-bond acceptors (Lipinski definition) is 6. The smallest absolute Gasteiger partial charge is 0.259 e. The minimum atomic E-state index is -0.127.